The van der Waals surface area contributed by atoms with E-state index in [4.69, 9.17) is 4.42 Å². The molecule has 0 atom stereocenters. The third-order valence-electron chi connectivity index (χ3n) is 5.46. The maximum Gasteiger partial charge on any atom is 0.257 e. The van der Waals surface area contributed by atoms with E-state index in [1.54, 1.807) is 12.3 Å². The first-order chi connectivity index (χ1) is 11.7. The maximum absolute atomic E-state index is 12.3. The van der Waals surface area contributed by atoms with Gasteiger partial charge >= 0.3 is 0 Å². The Bertz CT molecular complexity index is 692. The van der Waals surface area contributed by atoms with E-state index in [0.717, 1.165) is 32.5 Å². The van der Waals surface area contributed by atoms with E-state index in [9.17, 15) is 4.79 Å². The SMILES string of the molecule is Cc1cnc(C2CC2)n1CCC1CCN(C(=O)c2ccoc2)CC1. The second kappa shape index (κ2) is 6.46. The van der Waals surface area contributed by atoms with Crippen molar-refractivity contribution < 1.29 is 9.21 Å². The number of amides is 1. The van der Waals surface area contributed by atoms with Crippen LogP contribution in [0.1, 0.15) is 59.9 Å². The van der Waals surface area contributed by atoms with Crippen LogP contribution >= 0.6 is 0 Å². The summed E-state index contributed by atoms with van der Waals surface area (Å²) in [7, 11) is 0. The number of piperidine rings is 1. The summed E-state index contributed by atoms with van der Waals surface area (Å²) in [5, 5.41) is 0. The highest BCUT2D eigenvalue weighted by Gasteiger charge is 2.29. The monoisotopic (exact) mass is 327 g/mol. The molecule has 0 spiro atoms. The van der Waals surface area contributed by atoms with E-state index in [2.05, 4.69) is 16.5 Å². The van der Waals surface area contributed by atoms with Gasteiger partial charge in [0, 0.05) is 37.4 Å². The molecular weight excluding hydrogens is 302 g/mol. The molecule has 1 saturated carbocycles. The second-order valence-corrected chi connectivity index (χ2v) is 7.22. The Labute approximate surface area is 142 Å². The molecule has 2 fully saturated rings. The Morgan fingerprint density at radius 3 is 2.75 bits per heavy atom. The number of carbonyl (C=O) groups excluding carboxylic acids is 1. The summed E-state index contributed by atoms with van der Waals surface area (Å²) in [6, 6.07) is 1.75. The van der Waals surface area contributed by atoms with E-state index in [1.165, 1.54) is 37.0 Å². The fraction of sp³-hybridized carbons (Fsp3) is 0.579. The number of carbonyl (C=O) groups is 1. The molecule has 4 rings (SSSR count). The lowest BCUT2D eigenvalue weighted by molar-refractivity contribution is 0.0684. The molecular formula is C19H25N3O2. The molecule has 0 bridgehead atoms. The van der Waals surface area contributed by atoms with Crippen molar-refractivity contribution in [1.29, 1.82) is 0 Å². The van der Waals surface area contributed by atoms with Crippen LogP contribution in [0.4, 0.5) is 0 Å². The number of furan rings is 1. The summed E-state index contributed by atoms with van der Waals surface area (Å²) in [5.74, 6) is 2.80. The number of rotatable bonds is 5. The molecule has 24 heavy (non-hydrogen) atoms. The zero-order valence-electron chi connectivity index (χ0n) is 14.3. The Morgan fingerprint density at radius 2 is 2.08 bits per heavy atom. The minimum atomic E-state index is 0.101. The molecule has 0 unspecified atom stereocenters. The Morgan fingerprint density at radius 1 is 1.29 bits per heavy atom. The van der Waals surface area contributed by atoms with Gasteiger partial charge in [0.15, 0.2) is 0 Å². The van der Waals surface area contributed by atoms with Crippen molar-refractivity contribution in [3.8, 4) is 0 Å². The van der Waals surface area contributed by atoms with Crippen LogP contribution < -0.4 is 0 Å². The molecule has 128 valence electrons. The molecule has 3 heterocycles. The predicted octanol–water partition coefficient (Wildman–Crippen LogP) is 3.60. The smallest absolute Gasteiger partial charge is 0.257 e. The van der Waals surface area contributed by atoms with Gasteiger partial charge < -0.3 is 13.9 Å². The summed E-state index contributed by atoms with van der Waals surface area (Å²) in [6.45, 7) is 4.93. The molecule has 0 aromatic carbocycles. The van der Waals surface area contributed by atoms with Gasteiger partial charge in [-0.2, -0.15) is 0 Å². The fourth-order valence-corrected chi connectivity index (χ4v) is 3.74. The van der Waals surface area contributed by atoms with Crippen LogP contribution in [0.25, 0.3) is 0 Å². The first kappa shape index (κ1) is 15.5. The van der Waals surface area contributed by atoms with Crippen LogP contribution in [-0.2, 0) is 6.54 Å². The highest BCUT2D eigenvalue weighted by atomic mass is 16.3. The summed E-state index contributed by atoms with van der Waals surface area (Å²) in [6.07, 6.45) is 11.1. The van der Waals surface area contributed by atoms with Crippen LogP contribution in [0.15, 0.2) is 29.2 Å². The van der Waals surface area contributed by atoms with Crippen molar-refractivity contribution in [2.45, 2.75) is 51.5 Å². The average Bonchev–Trinajstić information content (AvgIpc) is 3.16. The van der Waals surface area contributed by atoms with E-state index in [1.807, 2.05) is 11.1 Å². The molecule has 1 amide bonds. The minimum absolute atomic E-state index is 0.101. The van der Waals surface area contributed by atoms with Crippen molar-refractivity contribution in [2.75, 3.05) is 13.1 Å². The van der Waals surface area contributed by atoms with Crippen LogP contribution in [0.2, 0.25) is 0 Å². The molecule has 1 saturated heterocycles. The summed E-state index contributed by atoms with van der Waals surface area (Å²) >= 11 is 0. The number of imidazole rings is 1. The number of hydrogen-bond acceptors (Lipinski definition) is 3. The van der Waals surface area contributed by atoms with Gasteiger partial charge in [-0.25, -0.2) is 4.98 Å². The van der Waals surface area contributed by atoms with Crippen LogP contribution in [-0.4, -0.2) is 33.4 Å². The Balaban J connectivity index is 1.29. The zero-order chi connectivity index (χ0) is 16.5. The van der Waals surface area contributed by atoms with E-state index in [0.29, 0.717) is 17.4 Å². The van der Waals surface area contributed by atoms with Gasteiger partial charge in [-0.3, -0.25) is 4.79 Å². The fourth-order valence-electron chi connectivity index (χ4n) is 3.74. The lowest BCUT2D eigenvalue weighted by atomic mass is 9.93. The number of likely N-dealkylation sites (tertiary alicyclic amines) is 1. The lowest BCUT2D eigenvalue weighted by Gasteiger charge is -2.32. The van der Waals surface area contributed by atoms with E-state index < -0.39 is 0 Å². The summed E-state index contributed by atoms with van der Waals surface area (Å²) in [4.78, 5) is 18.9. The van der Waals surface area contributed by atoms with E-state index >= 15 is 0 Å². The summed E-state index contributed by atoms with van der Waals surface area (Å²) < 4.78 is 7.44. The molecule has 2 aliphatic rings. The van der Waals surface area contributed by atoms with Crippen molar-refractivity contribution in [2.24, 2.45) is 5.92 Å². The van der Waals surface area contributed by atoms with Gasteiger partial charge in [0.2, 0.25) is 0 Å². The first-order valence-electron chi connectivity index (χ1n) is 9.06. The number of aromatic nitrogens is 2. The van der Waals surface area contributed by atoms with Gasteiger partial charge in [0.25, 0.3) is 5.91 Å². The quantitative estimate of drug-likeness (QED) is 0.843. The molecule has 5 nitrogen and oxygen atoms in total. The van der Waals surface area contributed by atoms with Gasteiger partial charge in [0.1, 0.15) is 12.1 Å². The lowest BCUT2D eigenvalue weighted by Crippen LogP contribution is -2.38. The Hall–Kier alpha value is -2.04. The molecule has 5 heteroatoms. The molecule has 0 radical (unpaired) electrons. The third kappa shape index (κ3) is 3.12. The van der Waals surface area contributed by atoms with Crippen molar-refractivity contribution >= 4 is 5.91 Å². The highest BCUT2D eigenvalue weighted by molar-refractivity contribution is 5.93. The molecule has 1 aliphatic carbocycles. The Kier molecular flexibility index (Phi) is 4.17. The van der Waals surface area contributed by atoms with Gasteiger partial charge in [-0.1, -0.05) is 0 Å². The molecule has 0 N–H and O–H groups in total. The van der Waals surface area contributed by atoms with Gasteiger partial charge in [-0.15, -0.1) is 0 Å². The normalized spacial score (nSPS) is 19.0. The van der Waals surface area contributed by atoms with Gasteiger partial charge in [-0.05, 0) is 51.0 Å². The molecule has 2 aromatic rings. The predicted molar refractivity (Wildman–Crippen MR) is 90.9 cm³/mol. The van der Waals surface area contributed by atoms with Crippen molar-refractivity contribution in [1.82, 2.24) is 14.5 Å². The zero-order valence-corrected chi connectivity index (χ0v) is 14.3. The number of nitrogens with zero attached hydrogens (tertiary/aromatic N) is 3. The summed E-state index contributed by atoms with van der Waals surface area (Å²) in [5.41, 5.74) is 1.95. The van der Waals surface area contributed by atoms with E-state index in [-0.39, 0.29) is 5.91 Å². The van der Waals surface area contributed by atoms with Crippen LogP contribution in [0.5, 0.6) is 0 Å². The minimum Gasteiger partial charge on any atom is -0.472 e. The van der Waals surface area contributed by atoms with Crippen molar-refractivity contribution in [3.63, 3.8) is 0 Å². The third-order valence-corrected chi connectivity index (χ3v) is 5.46. The maximum atomic E-state index is 12.3. The van der Waals surface area contributed by atoms with Crippen LogP contribution in [0.3, 0.4) is 0 Å². The first-order valence-corrected chi connectivity index (χ1v) is 9.06. The second-order valence-electron chi connectivity index (χ2n) is 7.22. The van der Waals surface area contributed by atoms with Crippen LogP contribution in [0, 0.1) is 12.8 Å². The van der Waals surface area contributed by atoms with Crippen molar-refractivity contribution in [3.05, 3.63) is 41.9 Å². The van der Waals surface area contributed by atoms with Gasteiger partial charge in [0.05, 0.1) is 11.8 Å². The standard InChI is InChI=1S/C19H25N3O2/c1-14-12-20-18(16-2-3-16)22(14)10-6-15-4-8-21(9-5-15)19(23)17-7-11-24-13-17/h7,11-13,15-16H,2-6,8-10H2,1H3. The average molecular weight is 327 g/mol. The highest BCUT2D eigenvalue weighted by Crippen LogP contribution is 2.39. The topological polar surface area (TPSA) is 51.3 Å². The molecule has 2 aromatic heterocycles. The number of hydrogen-bond donors (Lipinski definition) is 0. The largest absolute Gasteiger partial charge is 0.472 e. The number of aryl methyl sites for hydroxylation is 1. The molecule has 1 aliphatic heterocycles.